The molecule has 1 aliphatic carbocycles. The van der Waals surface area contributed by atoms with E-state index in [1.807, 2.05) is 24.3 Å². The molecule has 6 N–H and O–H groups in total. The largest absolute Gasteiger partial charge is 0.507 e. The summed E-state index contributed by atoms with van der Waals surface area (Å²) in [6.45, 7) is -0.503. The Morgan fingerprint density at radius 3 is 2.06 bits per heavy atom. The number of fused-ring (bicyclic) bond motifs is 5. The van der Waals surface area contributed by atoms with Crippen LogP contribution in [0.15, 0.2) is 36.4 Å². The van der Waals surface area contributed by atoms with Crippen LogP contribution >= 0.6 is 0 Å². The molecule has 33 heavy (non-hydrogen) atoms. The van der Waals surface area contributed by atoms with Gasteiger partial charge in [-0.05, 0) is 67.5 Å². The molecular weight excluding hydrogens is 428 g/mol. The zero-order chi connectivity index (χ0) is 23.5. The highest BCUT2D eigenvalue weighted by molar-refractivity contribution is 5.76. The minimum Gasteiger partial charge on any atom is -0.507 e. The highest BCUT2D eigenvalue weighted by Crippen LogP contribution is 2.37. The van der Waals surface area contributed by atoms with E-state index in [9.17, 15) is 30.6 Å². The molecule has 8 nitrogen and oxygen atoms in total. The number of phenols is 2. The fourth-order valence-corrected chi connectivity index (χ4v) is 4.59. The quantitative estimate of drug-likeness (QED) is 0.406. The Kier molecular flexibility index (Phi) is 7.53. The topological polar surface area (TPSA) is 140 Å². The Hall–Kier alpha value is -2.20. The van der Waals surface area contributed by atoms with Crippen molar-refractivity contribution in [1.29, 1.82) is 0 Å². The van der Waals surface area contributed by atoms with Gasteiger partial charge in [-0.1, -0.05) is 18.6 Å². The van der Waals surface area contributed by atoms with Gasteiger partial charge in [0.2, 0.25) is 0 Å². The maximum absolute atomic E-state index is 10.4. The second-order valence-corrected chi connectivity index (χ2v) is 8.94. The van der Waals surface area contributed by atoms with Gasteiger partial charge in [0.15, 0.2) is 6.29 Å². The summed E-state index contributed by atoms with van der Waals surface area (Å²) in [5, 5.41) is 60.7. The highest BCUT2D eigenvalue weighted by Gasteiger charge is 2.44. The molecule has 1 aliphatic heterocycles. The molecular formula is C25H32O8. The van der Waals surface area contributed by atoms with Crippen molar-refractivity contribution in [2.45, 2.75) is 75.3 Å². The third-order valence-corrected chi connectivity index (χ3v) is 6.58. The molecule has 6 atom stereocenters. The van der Waals surface area contributed by atoms with Gasteiger partial charge >= 0.3 is 0 Å². The standard InChI is InChI=1S/C25H32O8/c26-13-21-22(29)23(30)24(31)25(33-21)32-16-4-2-1-3-14-6-9-19(27)17(11-14)18-12-15(5-8-16)7-10-20(18)28/h6-7,9-12,16,21-31H,1-5,8,13H2. The zero-order valence-electron chi connectivity index (χ0n) is 18.4. The van der Waals surface area contributed by atoms with E-state index in [0.717, 1.165) is 30.4 Å². The molecule has 8 heteroatoms. The van der Waals surface area contributed by atoms with Gasteiger partial charge in [-0.2, -0.15) is 0 Å². The fourth-order valence-electron chi connectivity index (χ4n) is 4.59. The average molecular weight is 461 g/mol. The lowest BCUT2D eigenvalue weighted by Gasteiger charge is -2.41. The molecule has 1 saturated heterocycles. The molecule has 2 aromatic rings. The smallest absolute Gasteiger partial charge is 0.186 e. The summed E-state index contributed by atoms with van der Waals surface area (Å²) < 4.78 is 11.6. The second-order valence-electron chi connectivity index (χ2n) is 8.94. The molecule has 4 rings (SSSR count). The monoisotopic (exact) mass is 460 g/mol. The lowest BCUT2D eigenvalue weighted by Crippen LogP contribution is -2.59. The van der Waals surface area contributed by atoms with E-state index in [0.29, 0.717) is 30.4 Å². The van der Waals surface area contributed by atoms with Crippen LogP contribution in [0, 0.1) is 0 Å². The van der Waals surface area contributed by atoms with Gasteiger partial charge < -0.3 is 40.1 Å². The molecule has 0 saturated carbocycles. The number of aromatic hydroxyl groups is 2. The van der Waals surface area contributed by atoms with E-state index >= 15 is 0 Å². The summed E-state index contributed by atoms with van der Waals surface area (Å²) in [7, 11) is 0. The number of aryl methyl sites for hydroxylation is 2. The number of phenolic OH excluding ortho intramolecular Hbond substituents is 2. The van der Waals surface area contributed by atoms with Crippen molar-refractivity contribution in [2.24, 2.45) is 0 Å². The average Bonchev–Trinajstić information content (AvgIpc) is 2.82. The lowest BCUT2D eigenvalue weighted by molar-refractivity contribution is -0.312. The molecule has 1 fully saturated rings. The normalized spacial score (nSPS) is 30.7. The minimum absolute atomic E-state index is 0.0928. The van der Waals surface area contributed by atoms with E-state index in [1.165, 1.54) is 0 Å². The predicted molar refractivity (Wildman–Crippen MR) is 120 cm³/mol. The number of rotatable bonds is 3. The van der Waals surface area contributed by atoms with Crippen LogP contribution in [0.5, 0.6) is 11.5 Å². The van der Waals surface area contributed by atoms with Crippen molar-refractivity contribution in [3.8, 4) is 22.6 Å². The number of ether oxygens (including phenoxy) is 2. The second kappa shape index (κ2) is 10.4. The number of aliphatic hydroxyl groups is 4. The Bertz CT molecular complexity index is 946. The maximum atomic E-state index is 10.4. The van der Waals surface area contributed by atoms with Crippen LogP contribution in [-0.4, -0.2) is 74.1 Å². The molecule has 4 bridgehead atoms. The Morgan fingerprint density at radius 1 is 0.788 bits per heavy atom. The first-order valence-electron chi connectivity index (χ1n) is 11.5. The van der Waals surface area contributed by atoms with Gasteiger partial charge in [0.1, 0.15) is 35.9 Å². The highest BCUT2D eigenvalue weighted by atomic mass is 16.7. The van der Waals surface area contributed by atoms with Crippen molar-refractivity contribution in [1.82, 2.24) is 0 Å². The Balaban J connectivity index is 1.55. The van der Waals surface area contributed by atoms with Crippen LogP contribution in [0.4, 0.5) is 0 Å². The predicted octanol–water partition coefficient (Wildman–Crippen LogP) is 1.61. The summed E-state index contributed by atoms with van der Waals surface area (Å²) in [5.74, 6) is 0.208. The van der Waals surface area contributed by atoms with E-state index < -0.39 is 37.3 Å². The van der Waals surface area contributed by atoms with Crippen LogP contribution in [0.1, 0.15) is 36.8 Å². The molecule has 2 aliphatic rings. The van der Waals surface area contributed by atoms with Crippen molar-refractivity contribution in [3.63, 3.8) is 0 Å². The van der Waals surface area contributed by atoms with Crippen LogP contribution < -0.4 is 0 Å². The Morgan fingerprint density at radius 2 is 1.42 bits per heavy atom. The first kappa shape index (κ1) is 23.9. The zero-order valence-corrected chi connectivity index (χ0v) is 18.4. The van der Waals surface area contributed by atoms with Gasteiger partial charge in [0.05, 0.1) is 12.7 Å². The third-order valence-electron chi connectivity index (χ3n) is 6.58. The molecule has 0 spiro atoms. The Labute approximate surface area is 192 Å². The molecule has 0 aromatic heterocycles. The number of hydrogen-bond acceptors (Lipinski definition) is 8. The van der Waals surface area contributed by atoms with E-state index in [2.05, 4.69) is 0 Å². The van der Waals surface area contributed by atoms with E-state index in [-0.39, 0.29) is 17.6 Å². The van der Waals surface area contributed by atoms with Gasteiger partial charge in [0.25, 0.3) is 0 Å². The molecule has 0 radical (unpaired) electrons. The van der Waals surface area contributed by atoms with Crippen molar-refractivity contribution in [2.75, 3.05) is 6.61 Å². The van der Waals surface area contributed by atoms with Gasteiger partial charge in [-0.3, -0.25) is 0 Å². The van der Waals surface area contributed by atoms with Crippen LogP contribution in [0.25, 0.3) is 11.1 Å². The van der Waals surface area contributed by atoms with Crippen molar-refractivity contribution < 1.29 is 40.1 Å². The first-order chi connectivity index (χ1) is 15.9. The SMILES string of the molecule is OCC1OC(OC2CCCCc3ccc(O)c(c3)-c3cc(ccc3O)CC2)C(O)C(O)C1O. The van der Waals surface area contributed by atoms with Gasteiger partial charge in [0, 0.05) is 11.1 Å². The van der Waals surface area contributed by atoms with Gasteiger partial charge in [-0.15, -0.1) is 0 Å². The summed E-state index contributed by atoms with van der Waals surface area (Å²) in [6.07, 6.45) is -2.36. The van der Waals surface area contributed by atoms with Crippen LogP contribution in [0.2, 0.25) is 0 Å². The molecule has 6 unspecified atom stereocenters. The molecule has 1 heterocycles. The fraction of sp³-hybridized carbons (Fsp3) is 0.520. The third kappa shape index (κ3) is 5.32. The lowest BCUT2D eigenvalue weighted by atomic mass is 9.96. The summed E-state index contributed by atoms with van der Waals surface area (Å²) in [6, 6.07) is 10.7. The minimum atomic E-state index is -1.48. The molecule has 0 amide bonds. The first-order valence-corrected chi connectivity index (χ1v) is 11.5. The number of benzene rings is 2. The molecule has 180 valence electrons. The van der Waals surface area contributed by atoms with Crippen molar-refractivity contribution in [3.05, 3.63) is 47.5 Å². The number of aliphatic hydroxyl groups excluding tert-OH is 4. The van der Waals surface area contributed by atoms with E-state index in [4.69, 9.17) is 9.47 Å². The van der Waals surface area contributed by atoms with Gasteiger partial charge in [-0.25, -0.2) is 0 Å². The molecule has 2 aromatic carbocycles. The number of hydrogen-bond donors (Lipinski definition) is 6. The van der Waals surface area contributed by atoms with Crippen LogP contribution in [-0.2, 0) is 22.3 Å². The summed E-state index contributed by atoms with van der Waals surface area (Å²) in [4.78, 5) is 0. The maximum Gasteiger partial charge on any atom is 0.186 e. The van der Waals surface area contributed by atoms with E-state index in [1.54, 1.807) is 12.1 Å². The van der Waals surface area contributed by atoms with Crippen LogP contribution in [0.3, 0.4) is 0 Å². The summed E-state index contributed by atoms with van der Waals surface area (Å²) >= 11 is 0. The van der Waals surface area contributed by atoms with Crippen molar-refractivity contribution >= 4 is 0 Å². The summed E-state index contributed by atoms with van der Waals surface area (Å²) in [5.41, 5.74) is 3.17.